The van der Waals surface area contributed by atoms with Crippen molar-refractivity contribution < 1.29 is 13.7 Å². The molecule has 5 nitrogen and oxygen atoms in total. The van der Waals surface area contributed by atoms with Crippen molar-refractivity contribution >= 4 is 35.0 Å². The predicted molar refractivity (Wildman–Crippen MR) is 82.5 cm³/mol. The van der Waals surface area contributed by atoms with E-state index in [0.29, 0.717) is 36.1 Å². The Hall–Kier alpha value is -1.60. The fourth-order valence-electron chi connectivity index (χ4n) is 2.29. The van der Waals surface area contributed by atoms with E-state index in [2.05, 4.69) is 10.1 Å². The van der Waals surface area contributed by atoms with E-state index in [1.807, 2.05) is 0 Å². The number of hydrogen-bond donors (Lipinski definition) is 0. The summed E-state index contributed by atoms with van der Waals surface area (Å²) >= 11 is 7.12. The summed E-state index contributed by atoms with van der Waals surface area (Å²) in [4.78, 5) is 18.1. The lowest BCUT2D eigenvalue weighted by molar-refractivity contribution is -0.116. The lowest BCUT2D eigenvalue weighted by atomic mass is 10.3. The quantitative estimate of drug-likeness (QED) is 0.854. The van der Waals surface area contributed by atoms with Crippen LogP contribution in [0.4, 0.5) is 10.1 Å². The predicted octanol–water partition coefficient (Wildman–Crippen LogP) is 3.21. The third-order valence-electron chi connectivity index (χ3n) is 3.35. The van der Waals surface area contributed by atoms with Gasteiger partial charge < -0.3 is 9.42 Å². The van der Waals surface area contributed by atoms with Gasteiger partial charge in [-0.1, -0.05) is 16.8 Å². The molecule has 22 heavy (non-hydrogen) atoms. The number of anilines is 1. The van der Waals surface area contributed by atoms with Crippen LogP contribution in [0.1, 0.15) is 18.1 Å². The highest BCUT2D eigenvalue weighted by Crippen LogP contribution is 2.31. The van der Waals surface area contributed by atoms with Gasteiger partial charge in [0.15, 0.2) is 5.82 Å². The normalized spacial score (nSPS) is 18.2. The number of carbonyl (C=O) groups excluding carboxylic acids is 1. The smallest absolute Gasteiger partial charge is 0.240 e. The van der Waals surface area contributed by atoms with Crippen molar-refractivity contribution in [2.24, 2.45) is 0 Å². The second-order valence-electron chi connectivity index (χ2n) is 4.91. The number of benzene rings is 1. The maximum atomic E-state index is 13.5. The summed E-state index contributed by atoms with van der Waals surface area (Å²) in [5.41, 5.74) is 0.531. The molecule has 1 atom stereocenters. The molecule has 0 aliphatic carbocycles. The highest BCUT2D eigenvalue weighted by Gasteiger charge is 2.33. The minimum Gasteiger partial charge on any atom is -0.338 e. The molecule has 0 unspecified atom stereocenters. The van der Waals surface area contributed by atoms with E-state index in [1.54, 1.807) is 17.9 Å². The first-order valence-corrected chi connectivity index (χ1v) is 8.14. The molecule has 0 radical (unpaired) electrons. The minimum absolute atomic E-state index is 0.0389. The van der Waals surface area contributed by atoms with Gasteiger partial charge in [-0.3, -0.25) is 4.79 Å². The molecule has 1 aliphatic rings. The summed E-state index contributed by atoms with van der Waals surface area (Å²) in [5.74, 6) is 1.00. The van der Waals surface area contributed by atoms with Crippen LogP contribution in [0.3, 0.4) is 0 Å². The molecule has 0 bridgehead atoms. The number of thioether (sulfide) groups is 1. The fourth-order valence-corrected chi connectivity index (χ4v) is 3.41. The summed E-state index contributed by atoms with van der Waals surface area (Å²) in [7, 11) is 0. The van der Waals surface area contributed by atoms with Crippen molar-refractivity contribution in [2.75, 3.05) is 11.4 Å². The fraction of sp³-hybridized carbons (Fsp3) is 0.357. The average molecular weight is 342 g/mol. The maximum Gasteiger partial charge on any atom is 0.240 e. The Labute approximate surface area is 135 Å². The van der Waals surface area contributed by atoms with Gasteiger partial charge in [-0.15, -0.1) is 11.8 Å². The van der Waals surface area contributed by atoms with Gasteiger partial charge in [0.05, 0.1) is 16.0 Å². The molecule has 1 aromatic carbocycles. The first-order chi connectivity index (χ1) is 10.5. The van der Waals surface area contributed by atoms with Crippen molar-refractivity contribution in [3.8, 4) is 0 Å². The summed E-state index contributed by atoms with van der Waals surface area (Å²) < 4.78 is 18.6. The Morgan fingerprint density at radius 3 is 3.05 bits per heavy atom. The number of carbonyl (C=O) groups is 1. The van der Waals surface area contributed by atoms with E-state index in [0.717, 1.165) is 0 Å². The molecule has 1 aliphatic heterocycles. The summed E-state index contributed by atoms with van der Waals surface area (Å²) in [6, 6.07) is 4.40. The van der Waals surface area contributed by atoms with Crippen molar-refractivity contribution in [1.82, 2.24) is 10.1 Å². The molecule has 0 saturated carbocycles. The molecule has 0 spiro atoms. The molecular formula is C14H13ClFN3O2S. The molecule has 2 heterocycles. The minimum atomic E-state index is -0.524. The monoisotopic (exact) mass is 341 g/mol. The molecular weight excluding hydrogens is 329 g/mol. The van der Waals surface area contributed by atoms with Crippen LogP contribution in [0.2, 0.25) is 5.02 Å². The summed E-state index contributed by atoms with van der Waals surface area (Å²) in [6.45, 7) is 2.30. The average Bonchev–Trinajstić information content (AvgIpc) is 3.06. The number of amides is 1. The van der Waals surface area contributed by atoms with Crippen LogP contribution in [0.5, 0.6) is 0 Å². The van der Waals surface area contributed by atoms with Gasteiger partial charge in [0.1, 0.15) is 5.82 Å². The second kappa shape index (κ2) is 6.26. The lowest BCUT2D eigenvalue weighted by Gasteiger charge is -2.16. The van der Waals surface area contributed by atoms with Crippen LogP contribution in [0, 0.1) is 12.7 Å². The van der Waals surface area contributed by atoms with Gasteiger partial charge in [-0.2, -0.15) is 4.98 Å². The molecule has 1 aromatic heterocycles. The number of aromatic nitrogens is 2. The van der Waals surface area contributed by atoms with E-state index < -0.39 is 5.82 Å². The molecule has 8 heteroatoms. The zero-order valence-electron chi connectivity index (χ0n) is 11.8. The third-order valence-corrected chi connectivity index (χ3v) is 4.91. The van der Waals surface area contributed by atoms with Crippen LogP contribution in [0.15, 0.2) is 22.7 Å². The Bertz CT molecular complexity index is 709. The van der Waals surface area contributed by atoms with Gasteiger partial charge in [0, 0.05) is 12.2 Å². The van der Waals surface area contributed by atoms with Crippen LogP contribution in [-0.2, 0) is 10.5 Å². The lowest BCUT2D eigenvalue weighted by Crippen LogP contribution is -2.28. The highest BCUT2D eigenvalue weighted by atomic mass is 35.5. The molecule has 0 N–H and O–H groups in total. The van der Waals surface area contributed by atoms with Crippen LogP contribution < -0.4 is 4.90 Å². The topological polar surface area (TPSA) is 59.2 Å². The molecule has 116 valence electrons. The van der Waals surface area contributed by atoms with Crippen molar-refractivity contribution in [1.29, 1.82) is 0 Å². The van der Waals surface area contributed by atoms with Crippen molar-refractivity contribution in [2.45, 2.75) is 24.3 Å². The second-order valence-corrected chi connectivity index (χ2v) is 6.51. The van der Waals surface area contributed by atoms with Crippen LogP contribution >= 0.6 is 23.4 Å². The van der Waals surface area contributed by atoms with Gasteiger partial charge in [-0.25, -0.2) is 4.39 Å². The van der Waals surface area contributed by atoms with Crippen LogP contribution in [0.25, 0.3) is 0 Å². The van der Waals surface area contributed by atoms with Gasteiger partial charge in [0.25, 0.3) is 0 Å². The number of nitrogens with zero attached hydrogens (tertiary/aromatic N) is 3. The maximum absolute atomic E-state index is 13.5. The van der Waals surface area contributed by atoms with E-state index in [-0.39, 0.29) is 16.2 Å². The number of aryl methyl sites for hydroxylation is 1. The van der Waals surface area contributed by atoms with Crippen LogP contribution in [-0.4, -0.2) is 27.8 Å². The Balaban J connectivity index is 1.65. The number of hydrogen-bond acceptors (Lipinski definition) is 5. The van der Waals surface area contributed by atoms with Gasteiger partial charge in [0.2, 0.25) is 11.8 Å². The first-order valence-electron chi connectivity index (χ1n) is 6.72. The van der Waals surface area contributed by atoms with Crippen molar-refractivity contribution in [3.05, 3.63) is 40.8 Å². The zero-order chi connectivity index (χ0) is 15.7. The Kier molecular flexibility index (Phi) is 4.35. The first kappa shape index (κ1) is 15.3. The Morgan fingerprint density at radius 1 is 1.55 bits per heavy atom. The third kappa shape index (κ3) is 3.10. The van der Waals surface area contributed by atoms with Crippen molar-refractivity contribution in [3.63, 3.8) is 0 Å². The van der Waals surface area contributed by atoms with E-state index in [1.165, 1.54) is 23.9 Å². The summed E-state index contributed by atoms with van der Waals surface area (Å²) in [6.07, 6.45) is 0.695. The molecule has 3 rings (SSSR count). The van der Waals surface area contributed by atoms with E-state index >= 15 is 0 Å². The largest absolute Gasteiger partial charge is 0.338 e. The number of rotatable bonds is 4. The standard InChI is InChI=1S/C14H13ClFN3O2S/c1-8-17-13(21-18-8)7-22-12-4-5-19(14(12)20)9-2-3-10(15)11(16)6-9/h2-3,6,12H,4-5,7H2,1H3/t12-/m1/s1. The Morgan fingerprint density at radius 2 is 2.36 bits per heavy atom. The number of halogens is 2. The highest BCUT2D eigenvalue weighted by molar-refractivity contribution is 7.99. The SMILES string of the molecule is Cc1noc(CS[C@@H]2CCN(c3ccc(Cl)c(F)c3)C2=O)n1. The van der Waals surface area contributed by atoms with Gasteiger partial charge in [-0.05, 0) is 31.5 Å². The molecule has 2 aromatic rings. The molecule has 1 amide bonds. The van der Waals surface area contributed by atoms with E-state index in [9.17, 15) is 9.18 Å². The van der Waals surface area contributed by atoms with E-state index in [4.69, 9.17) is 16.1 Å². The molecule has 1 saturated heterocycles. The van der Waals surface area contributed by atoms with Gasteiger partial charge >= 0.3 is 0 Å². The summed E-state index contributed by atoms with van der Waals surface area (Å²) in [5, 5.41) is 3.57. The molecule has 1 fully saturated rings. The zero-order valence-corrected chi connectivity index (χ0v) is 13.3.